The van der Waals surface area contributed by atoms with Crippen LogP contribution in [0, 0.1) is 13.8 Å². The van der Waals surface area contributed by atoms with Gasteiger partial charge >= 0.3 is 0 Å². The lowest BCUT2D eigenvalue weighted by Gasteiger charge is -2.16. The number of benzene rings is 2. The minimum Gasteiger partial charge on any atom is -0.481 e. The predicted octanol–water partition coefficient (Wildman–Crippen LogP) is 5.43. The summed E-state index contributed by atoms with van der Waals surface area (Å²) in [7, 11) is 0. The topological polar surface area (TPSA) is 38.3 Å². The Morgan fingerprint density at radius 2 is 1.88 bits per heavy atom. The van der Waals surface area contributed by atoms with Gasteiger partial charge in [-0.3, -0.25) is 4.79 Å². The lowest BCUT2D eigenvalue weighted by molar-refractivity contribution is -0.127. The van der Waals surface area contributed by atoms with Gasteiger partial charge in [0.25, 0.3) is 5.91 Å². The molecule has 0 unspecified atom stereocenters. The van der Waals surface area contributed by atoms with Gasteiger partial charge in [0, 0.05) is 28.1 Å². The molecule has 0 saturated carbocycles. The summed E-state index contributed by atoms with van der Waals surface area (Å²) in [5.74, 6) is 2.10. The van der Waals surface area contributed by atoms with Gasteiger partial charge < -0.3 is 10.1 Å². The van der Waals surface area contributed by atoms with E-state index in [0.717, 1.165) is 28.2 Å². The summed E-state index contributed by atoms with van der Waals surface area (Å²) in [6.07, 6.45) is -0.543. The molecule has 2 aromatic rings. The van der Waals surface area contributed by atoms with Crippen molar-refractivity contribution < 1.29 is 9.53 Å². The van der Waals surface area contributed by atoms with Crippen LogP contribution in [0.4, 0.5) is 0 Å². The molecule has 0 saturated heterocycles. The molecule has 1 N–H and O–H groups in total. The summed E-state index contributed by atoms with van der Waals surface area (Å²) in [4.78, 5) is 12.2. The van der Waals surface area contributed by atoms with Crippen molar-refractivity contribution in [3.63, 3.8) is 0 Å². The quantitative estimate of drug-likeness (QED) is 0.588. The second kappa shape index (κ2) is 10.1. The average molecular weight is 412 g/mol. The molecule has 0 fully saturated rings. The number of aryl methyl sites for hydroxylation is 2. The lowest BCUT2D eigenvalue weighted by Crippen LogP contribution is -2.37. The van der Waals surface area contributed by atoms with E-state index in [4.69, 9.17) is 27.9 Å². The molecular weight excluding hydrogens is 389 g/mol. The Morgan fingerprint density at radius 1 is 1.19 bits per heavy atom. The molecule has 0 radical (unpaired) electrons. The smallest absolute Gasteiger partial charge is 0.260 e. The lowest BCUT2D eigenvalue weighted by atomic mass is 10.1. The van der Waals surface area contributed by atoms with Gasteiger partial charge in [0.1, 0.15) is 5.75 Å². The Labute approximate surface area is 169 Å². The molecule has 0 aliphatic carbocycles. The highest BCUT2D eigenvalue weighted by Crippen LogP contribution is 2.28. The van der Waals surface area contributed by atoms with Gasteiger partial charge in [-0.2, -0.15) is 11.8 Å². The highest BCUT2D eigenvalue weighted by molar-refractivity contribution is 7.98. The summed E-state index contributed by atoms with van der Waals surface area (Å²) in [5, 5.41) is 4.24. The van der Waals surface area contributed by atoms with Crippen molar-refractivity contribution in [1.29, 1.82) is 0 Å². The SMILES string of the molecule is Cc1ccc(C)c(O[C@H](C)C(=O)NCCSCc2c(Cl)cccc2Cl)c1. The van der Waals surface area contributed by atoms with Crippen molar-refractivity contribution in [3.8, 4) is 5.75 Å². The Balaban J connectivity index is 1.73. The van der Waals surface area contributed by atoms with Crippen molar-refractivity contribution in [2.45, 2.75) is 32.6 Å². The molecule has 0 aliphatic rings. The summed E-state index contributed by atoms with van der Waals surface area (Å²) in [5.41, 5.74) is 3.05. The number of carbonyl (C=O) groups is 1. The molecule has 0 aromatic heterocycles. The maximum Gasteiger partial charge on any atom is 0.260 e. The molecule has 0 bridgehead atoms. The molecular formula is C20H23Cl2NO2S. The summed E-state index contributed by atoms with van der Waals surface area (Å²) in [6, 6.07) is 11.5. The maximum absolute atomic E-state index is 12.2. The van der Waals surface area contributed by atoms with E-state index in [2.05, 4.69) is 5.32 Å². The summed E-state index contributed by atoms with van der Waals surface area (Å²) in [6.45, 7) is 6.29. The number of halogens is 2. The van der Waals surface area contributed by atoms with Crippen LogP contribution in [0.2, 0.25) is 10.0 Å². The number of rotatable bonds is 8. The first-order chi connectivity index (χ1) is 12.4. The number of amides is 1. The molecule has 1 atom stereocenters. The van der Waals surface area contributed by atoms with E-state index < -0.39 is 6.10 Å². The van der Waals surface area contributed by atoms with Crippen molar-refractivity contribution in [3.05, 3.63) is 63.1 Å². The molecule has 3 nitrogen and oxygen atoms in total. The zero-order chi connectivity index (χ0) is 19.1. The molecule has 0 heterocycles. The number of hydrogen-bond acceptors (Lipinski definition) is 3. The van der Waals surface area contributed by atoms with Gasteiger partial charge in [0.2, 0.25) is 0 Å². The zero-order valence-electron chi connectivity index (χ0n) is 15.1. The Morgan fingerprint density at radius 3 is 2.58 bits per heavy atom. The van der Waals surface area contributed by atoms with Crippen LogP contribution >= 0.6 is 35.0 Å². The largest absolute Gasteiger partial charge is 0.481 e. The first-order valence-electron chi connectivity index (χ1n) is 8.40. The van der Waals surface area contributed by atoms with Crippen molar-refractivity contribution in [2.75, 3.05) is 12.3 Å². The third-order valence-electron chi connectivity index (χ3n) is 3.87. The van der Waals surface area contributed by atoms with E-state index in [1.54, 1.807) is 18.7 Å². The van der Waals surface area contributed by atoms with E-state index in [-0.39, 0.29) is 5.91 Å². The Bertz CT molecular complexity index is 747. The standard InChI is InChI=1S/C20H23Cl2NO2S/c1-13-7-8-14(2)19(11-13)25-15(3)20(24)23-9-10-26-12-16-17(21)5-4-6-18(16)22/h4-8,11,15H,9-10,12H2,1-3H3,(H,23,24)/t15-/m1/s1. The fraction of sp³-hybridized carbons (Fsp3) is 0.350. The third kappa shape index (κ3) is 6.11. The van der Waals surface area contributed by atoms with Crippen LogP contribution in [0.3, 0.4) is 0 Å². The van der Waals surface area contributed by atoms with Gasteiger partial charge in [-0.25, -0.2) is 0 Å². The van der Waals surface area contributed by atoms with Crippen LogP contribution in [0.5, 0.6) is 5.75 Å². The van der Waals surface area contributed by atoms with Crippen LogP contribution in [0.25, 0.3) is 0 Å². The van der Waals surface area contributed by atoms with Crippen molar-refractivity contribution in [1.82, 2.24) is 5.32 Å². The van der Waals surface area contributed by atoms with E-state index in [1.807, 2.05) is 50.2 Å². The van der Waals surface area contributed by atoms with Crippen molar-refractivity contribution >= 4 is 40.9 Å². The highest BCUT2D eigenvalue weighted by Gasteiger charge is 2.15. The number of hydrogen-bond donors (Lipinski definition) is 1. The monoisotopic (exact) mass is 411 g/mol. The third-order valence-corrected chi connectivity index (χ3v) is 5.56. The number of nitrogens with one attached hydrogen (secondary N) is 1. The first-order valence-corrected chi connectivity index (χ1v) is 10.3. The van der Waals surface area contributed by atoms with Gasteiger partial charge in [-0.1, -0.05) is 41.4 Å². The first kappa shape index (κ1) is 20.9. The molecule has 6 heteroatoms. The van der Waals surface area contributed by atoms with Crippen molar-refractivity contribution in [2.24, 2.45) is 0 Å². The average Bonchev–Trinajstić information content (AvgIpc) is 2.59. The molecule has 0 aliphatic heterocycles. The van der Waals surface area contributed by atoms with Gasteiger partial charge in [-0.15, -0.1) is 0 Å². The molecule has 26 heavy (non-hydrogen) atoms. The van der Waals surface area contributed by atoms with Crippen LogP contribution in [-0.4, -0.2) is 24.3 Å². The van der Waals surface area contributed by atoms with Crippen LogP contribution < -0.4 is 10.1 Å². The molecule has 2 aromatic carbocycles. The van der Waals surface area contributed by atoms with Crippen LogP contribution in [-0.2, 0) is 10.5 Å². The predicted molar refractivity (Wildman–Crippen MR) is 112 cm³/mol. The number of ether oxygens (including phenoxy) is 1. The highest BCUT2D eigenvalue weighted by atomic mass is 35.5. The van der Waals surface area contributed by atoms with Gasteiger partial charge in [0.05, 0.1) is 0 Å². The summed E-state index contributed by atoms with van der Waals surface area (Å²) < 4.78 is 5.79. The Hall–Kier alpha value is -1.36. The van der Waals surface area contributed by atoms with E-state index in [0.29, 0.717) is 22.3 Å². The van der Waals surface area contributed by atoms with E-state index in [9.17, 15) is 4.79 Å². The van der Waals surface area contributed by atoms with Crippen LogP contribution in [0.15, 0.2) is 36.4 Å². The van der Waals surface area contributed by atoms with E-state index in [1.165, 1.54) is 0 Å². The van der Waals surface area contributed by atoms with Gasteiger partial charge in [-0.05, 0) is 55.7 Å². The Kier molecular flexibility index (Phi) is 8.14. The number of thioether (sulfide) groups is 1. The minimum atomic E-state index is -0.543. The van der Waals surface area contributed by atoms with E-state index >= 15 is 0 Å². The molecule has 2 rings (SSSR count). The normalized spacial score (nSPS) is 11.9. The minimum absolute atomic E-state index is 0.123. The molecule has 0 spiro atoms. The fourth-order valence-corrected chi connectivity index (χ4v) is 3.91. The maximum atomic E-state index is 12.2. The zero-order valence-corrected chi connectivity index (χ0v) is 17.5. The fourth-order valence-electron chi connectivity index (χ4n) is 2.31. The molecule has 140 valence electrons. The summed E-state index contributed by atoms with van der Waals surface area (Å²) >= 11 is 14.0. The number of carbonyl (C=O) groups excluding carboxylic acids is 1. The van der Waals surface area contributed by atoms with Gasteiger partial charge in [0.15, 0.2) is 6.10 Å². The second-order valence-corrected chi connectivity index (χ2v) is 7.99. The van der Waals surface area contributed by atoms with Crippen LogP contribution in [0.1, 0.15) is 23.6 Å². The second-order valence-electron chi connectivity index (χ2n) is 6.07. The molecule has 1 amide bonds.